The molecule has 2 heterocycles. The van der Waals surface area contributed by atoms with Gasteiger partial charge in [-0.05, 0) is 59.0 Å². The molecule has 0 bridgehead atoms. The van der Waals surface area contributed by atoms with Gasteiger partial charge in [0.05, 0.1) is 50.8 Å². The second-order valence-electron chi connectivity index (χ2n) is 17.5. The second-order valence-corrected chi connectivity index (χ2v) is 25.1. The molecule has 7 rings (SSSR count). The summed E-state index contributed by atoms with van der Waals surface area (Å²) in [6.07, 6.45) is -5.34. The summed E-state index contributed by atoms with van der Waals surface area (Å²) >= 11 is 3.74. The summed E-state index contributed by atoms with van der Waals surface area (Å²) in [5, 5.41) is 0. The van der Waals surface area contributed by atoms with E-state index in [-0.39, 0.29) is 17.3 Å². The van der Waals surface area contributed by atoms with Gasteiger partial charge in [-0.3, -0.25) is 0 Å². The Kier molecular flexibility index (Phi) is 20.2. The van der Waals surface area contributed by atoms with Crippen LogP contribution in [0.15, 0.2) is 152 Å². The lowest BCUT2D eigenvalue weighted by molar-refractivity contribution is -0.335. The van der Waals surface area contributed by atoms with Gasteiger partial charge in [-0.25, -0.2) is 0 Å². The third-order valence-corrected chi connectivity index (χ3v) is 15.0. The van der Waals surface area contributed by atoms with Gasteiger partial charge in [-0.1, -0.05) is 166 Å². The van der Waals surface area contributed by atoms with Crippen LogP contribution in [0.1, 0.15) is 41.7 Å². The normalized spacial score (nSPS) is 23.8. The van der Waals surface area contributed by atoms with Crippen molar-refractivity contribution in [2.75, 3.05) is 24.7 Å². The van der Waals surface area contributed by atoms with E-state index >= 15 is 0 Å². The highest BCUT2D eigenvalue weighted by Gasteiger charge is 2.54. The van der Waals surface area contributed by atoms with Gasteiger partial charge in [0.1, 0.15) is 48.8 Å². The average molecular weight is 953 g/mol. The quantitative estimate of drug-likeness (QED) is 0.0392. The van der Waals surface area contributed by atoms with Crippen LogP contribution in [0.25, 0.3) is 0 Å². The minimum Gasteiger partial charge on any atom is -0.409 e. The Morgan fingerprint density at radius 1 is 0.545 bits per heavy atom. The molecule has 9 atom stereocenters. The van der Waals surface area contributed by atoms with Crippen LogP contribution < -0.4 is 0 Å². The molecule has 0 radical (unpaired) electrons. The minimum atomic E-state index is -2.23. The molecule has 0 aromatic heterocycles. The summed E-state index contributed by atoms with van der Waals surface area (Å²) in [5.41, 5.74) is 5.28. The van der Waals surface area contributed by atoms with Crippen molar-refractivity contribution in [3.05, 3.63) is 179 Å². The third-order valence-electron chi connectivity index (χ3n) is 11.3. The van der Waals surface area contributed by atoms with Gasteiger partial charge >= 0.3 is 0 Å². The topological polar surface area (TPSA) is 83.1 Å². The summed E-state index contributed by atoms with van der Waals surface area (Å²) in [5.74, 6) is 1.83. The van der Waals surface area contributed by atoms with E-state index in [2.05, 4.69) is 94.2 Å². The Morgan fingerprint density at radius 3 is 1.48 bits per heavy atom. The fourth-order valence-electron chi connectivity index (χ4n) is 8.23. The van der Waals surface area contributed by atoms with E-state index in [0.717, 1.165) is 39.3 Å². The average Bonchev–Trinajstić information content (AvgIpc) is 3.73. The Balaban J connectivity index is 1.28. The first-order chi connectivity index (χ1) is 32.3. The molecule has 0 spiro atoms. The lowest BCUT2D eigenvalue weighted by Crippen LogP contribution is -2.64. The first-order valence-electron chi connectivity index (χ1n) is 23.3. The predicted molar refractivity (Wildman–Crippen MR) is 268 cm³/mol. The highest BCUT2D eigenvalue weighted by atomic mass is 32.2. The number of hydrogen-bond donors (Lipinski definition) is 0. The van der Waals surface area contributed by atoms with Crippen molar-refractivity contribution in [2.45, 2.75) is 126 Å². The maximum absolute atomic E-state index is 7.49. The van der Waals surface area contributed by atoms with Crippen molar-refractivity contribution in [1.82, 2.24) is 0 Å². The van der Waals surface area contributed by atoms with E-state index in [1.54, 1.807) is 0 Å². The van der Waals surface area contributed by atoms with Crippen LogP contribution in [0.4, 0.5) is 0 Å². The first kappa shape index (κ1) is 50.5. The van der Waals surface area contributed by atoms with Crippen molar-refractivity contribution in [1.29, 1.82) is 0 Å². The summed E-state index contributed by atoms with van der Waals surface area (Å²) in [6.45, 7) is 13.4. The number of hydrogen-bond acceptors (Lipinski definition) is 11. The van der Waals surface area contributed by atoms with E-state index in [1.807, 2.05) is 115 Å². The predicted octanol–water partition coefficient (Wildman–Crippen LogP) is 11.1. The molecule has 12 heteroatoms. The number of ether oxygens (including phenoxy) is 8. The SMILES string of the molecule is CCSC(SCC)[C@H](OCc1ccccc1)[C@H]1OC[C@@H](OCc2ccccc2)[C@@H]1O[C@@H]1O[C@H](COCc2ccccc2)[C@H](O[Si](C)(C)C)[C@H](OCc2ccccc2)[C@H]1OCc1ccccc1. The summed E-state index contributed by atoms with van der Waals surface area (Å²) < 4.78 is 63.2. The van der Waals surface area contributed by atoms with E-state index in [1.165, 1.54) is 0 Å². The molecule has 2 fully saturated rings. The number of thioether (sulfide) groups is 2. The van der Waals surface area contributed by atoms with E-state index in [4.69, 9.17) is 42.3 Å². The minimum absolute atomic E-state index is 0.0562. The number of benzene rings is 5. The molecular formula is C54H68O9S2Si. The van der Waals surface area contributed by atoms with Gasteiger partial charge in [-0.2, -0.15) is 0 Å². The Bertz CT molecular complexity index is 2060. The highest BCUT2D eigenvalue weighted by Crippen LogP contribution is 2.39. The van der Waals surface area contributed by atoms with Crippen LogP contribution in [-0.2, 0) is 75.4 Å². The zero-order valence-electron chi connectivity index (χ0n) is 39.1. The Hall–Kier alpha value is -3.34. The monoisotopic (exact) mass is 952 g/mol. The smallest absolute Gasteiger partial charge is 0.187 e. The first-order valence-corrected chi connectivity index (χ1v) is 28.9. The standard InChI is InChI=1S/C54H68O9S2Si/c1-6-64-54(65-7-2)52(59-37-44-31-21-12-22-32-44)49-47(45(39-60-49)56-34-41-25-15-9-16-26-41)62-53-51(58-36-43-29-19-11-20-30-43)50(57-35-42-27-17-10-18-28-42)48(63-66(3,4)5)46(61-53)38-55-33-40-23-13-8-14-24-40/h8-32,45-54H,6-7,33-39H2,1-5H3/t45-,46-,47+,48+,49+,50+,51-,52-,53+/m1/s1. The van der Waals surface area contributed by atoms with E-state index < -0.39 is 57.3 Å². The Morgan fingerprint density at radius 2 is 1.00 bits per heavy atom. The van der Waals surface area contributed by atoms with Gasteiger partial charge < -0.3 is 42.3 Å². The number of rotatable bonds is 26. The van der Waals surface area contributed by atoms with Gasteiger partial charge in [0.15, 0.2) is 14.6 Å². The lowest BCUT2D eigenvalue weighted by Gasteiger charge is -2.48. The third kappa shape index (κ3) is 15.3. The molecule has 9 nitrogen and oxygen atoms in total. The molecular weight excluding hydrogens is 885 g/mol. The molecule has 0 aliphatic carbocycles. The zero-order valence-corrected chi connectivity index (χ0v) is 41.7. The molecule has 0 N–H and O–H groups in total. The second kappa shape index (κ2) is 26.4. The molecule has 2 aliphatic rings. The molecule has 5 aromatic rings. The fraction of sp³-hybridized carbons (Fsp3) is 0.444. The molecule has 0 saturated carbocycles. The lowest BCUT2D eigenvalue weighted by atomic mass is 9.97. The Labute approximate surface area is 402 Å². The molecule has 2 aliphatic heterocycles. The zero-order chi connectivity index (χ0) is 46.0. The van der Waals surface area contributed by atoms with Crippen LogP contribution in [0.5, 0.6) is 0 Å². The van der Waals surface area contributed by atoms with Crippen LogP contribution >= 0.6 is 23.5 Å². The van der Waals surface area contributed by atoms with Crippen molar-refractivity contribution < 1.29 is 42.3 Å². The highest BCUT2D eigenvalue weighted by molar-refractivity contribution is 8.17. The summed E-state index contributed by atoms with van der Waals surface area (Å²) in [7, 11) is -2.23. The van der Waals surface area contributed by atoms with Crippen LogP contribution in [0, 0.1) is 0 Å². The van der Waals surface area contributed by atoms with Crippen LogP contribution in [0.3, 0.4) is 0 Å². The van der Waals surface area contributed by atoms with Crippen molar-refractivity contribution in [3.63, 3.8) is 0 Å². The molecule has 0 amide bonds. The molecule has 0 unspecified atom stereocenters. The largest absolute Gasteiger partial charge is 0.409 e. The maximum Gasteiger partial charge on any atom is 0.187 e. The van der Waals surface area contributed by atoms with Gasteiger partial charge in [0.25, 0.3) is 0 Å². The maximum atomic E-state index is 7.49. The van der Waals surface area contributed by atoms with Gasteiger partial charge in [0, 0.05) is 0 Å². The van der Waals surface area contributed by atoms with Gasteiger partial charge in [0.2, 0.25) is 0 Å². The van der Waals surface area contributed by atoms with Crippen molar-refractivity contribution in [3.8, 4) is 0 Å². The summed E-state index contributed by atoms with van der Waals surface area (Å²) in [6, 6.07) is 51.1. The molecule has 5 aromatic carbocycles. The summed E-state index contributed by atoms with van der Waals surface area (Å²) in [4.78, 5) is 0. The van der Waals surface area contributed by atoms with Crippen molar-refractivity contribution in [2.24, 2.45) is 0 Å². The molecule has 354 valence electrons. The van der Waals surface area contributed by atoms with E-state index in [0.29, 0.717) is 39.6 Å². The van der Waals surface area contributed by atoms with Gasteiger partial charge in [-0.15, -0.1) is 23.5 Å². The van der Waals surface area contributed by atoms with Crippen LogP contribution in [-0.4, -0.2) is 92.7 Å². The van der Waals surface area contributed by atoms with Crippen molar-refractivity contribution >= 4 is 31.8 Å². The fourth-order valence-corrected chi connectivity index (χ4v) is 12.0. The van der Waals surface area contributed by atoms with E-state index in [9.17, 15) is 0 Å². The molecule has 2 saturated heterocycles. The van der Waals surface area contributed by atoms with Crippen LogP contribution in [0.2, 0.25) is 19.6 Å². The molecule has 66 heavy (non-hydrogen) atoms.